The van der Waals surface area contributed by atoms with Crippen molar-refractivity contribution in [3.8, 4) is 0 Å². The number of aromatic nitrogens is 3. The number of aryl methyl sites for hydroxylation is 1. The van der Waals surface area contributed by atoms with Crippen molar-refractivity contribution in [3.05, 3.63) is 23.8 Å². The predicted octanol–water partition coefficient (Wildman–Crippen LogP) is 1.07. The first kappa shape index (κ1) is 5.41. The van der Waals surface area contributed by atoms with E-state index >= 15 is 0 Å². The zero-order valence-corrected chi connectivity index (χ0v) is 5.55. The zero-order valence-electron chi connectivity index (χ0n) is 5.55. The summed E-state index contributed by atoms with van der Waals surface area (Å²) in [5, 5.41) is 10.3. The molecule has 0 saturated heterocycles. The Morgan fingerprint density at radius 3 is 3.30 bits per heavy atom. The minimum Gasteiger partial charge on any atom is -0.258 e. The average Bonchev–Trinajstić information content (AvgIpc) is 2.36. The van der Waals surface area contributed by atoms with E-state index in [1.54, 1.807) is 0 Å². The summed E-state index contributed by atoms with van der Waals surface area (Å²) < 4.78 is 0. The Bertz CT molecular complexity index is 350. The zero-order chi connectivity index (χ0) is 6.97. The maximum absolute atomic E-state index is 3.88. The van der Waals surface area contributed by atoms with E-state index in [4.69, 9.17) is 0 Å². The fraction of sp³-hybridized carbons (Fsp3) is 0.143. The Kier molecular flexibility index (Phi) is 0.974. The Morgan fingerprint density at radius 2 is 2.50 bits per heavy atom. The van der Waals surface area contributed by atoms with Crippen LogP contribution in [0.3, 0.4) is 0 Å². The van der Waals surface area contributed by atoms with E-state index in [1.165, 1.54) is 0 Å². The maximum atomic E-state index is 3.88. The van der Waals surface area contributed by atoms with Crippen LogP contribution in [0.15, 0.2) is 12.1 Å². The smallest absolute Gasteiger partial charge is 0.116 e. The Hall–Kier alpha value is -1.38. The topological polar surface area (TPSA) is 41.6 Å². The number of rotatable bonds is 0. The number of hydrogen-bond acceptors (Lipinski definition) is 2. The second kappa shape index (κ2) is 1.80. The van der Waals surface area contributed by atoms with E-state index in [0.29, 0.717) is 0 Å². The SMILES string of the molecule is Cc1[c]ccc2[nH]nnc12. The van der Waals surface area contributed by atoms with Crippen molar-refractivity contribution in [1.29, 1.82) is 0 Å². The predicted molar refractivity (Wildman–Crippen MR) is 37.5 cm³/mol. The number of H-pyrrole nitrogens is 1. The summed E-state index contributed by atoms with van der Waals surface area (Å²) >= 11 is 0. The van der Waals surface area contributed by atoms with Crippen LogP contribution in [0.25, 0.3) is 11.0 Å². The molecule has 0 fully saturated rings. The van der Waals surface area contributed by atoms with Crippen molar-refractivity contribution in [2.24, 2.45) is 0 Å². The first-order chi connectivity index (χ1) is 4.88. The molecule has 0 aliphatic rings. The molecule has 0 bridgehead atoms. The second-order valence-electron chi connectivity index (χ2n) is 2.18. The van der Waals surface area contributed by atoms with E-state index < -0.39 is 0 Å². The van der Waals surface area contributed by atoms with Crippen LogP contribution in [-0.4, -0.2) is 15.4 Å². The lowest BCUT2D eigenvalue weighted by atomic mass is 10.2. The third-order valence-electron chi connectivity index (χ3n) is 1.48. The van der Waals surface area contributed by atoms with Crippen LogP contribution in [0, 0.1) is 13.0 Å². The van der Waals surface area contributed by atoms with Crippen LogP contribution in [0.1, 0.15) is 5.56 Å². The fourth-order valence-corrected chi connectivity index (χ4v) is 0.947. The molecule has 0 atom stereocenters. The van der Waals surface area contributed by atoms with Crippen LogP contribution < -0.4 is 0 Å². The Morgan fingerprint density at radius 1 is 1.60 bits per heavy atom. The van der Waals surface area contributed by atoms with E-state index in [0.717, 1.165) is 16.6 Å². The molecule has 0 aliphatic carbocycles. The highest BCUT2D eigenvalue weighted by Gasteiger charge is 1.97. The van der Waals surface area contributed by atoms with Gasteiger partial charge in [-0.25, -0.2) is 0 Å². The van der Waals surface area contributed by atoms with Gasteiger partial charge in [0.05, 0.1) is 5.52 Å². The van der Waals surface area contributed by atoms with Crippen molar-refractivity contribution >= 4 is 11.0 Å². The van der Waals surface area contributed by atoms with Gasteiger partial charge in [0.25, 0.3) is 0 Å². The third kappa shape index (κ3) is 0.603. The molecule has 10 heavy (non-hydrogen) atoms. The lowest BCUT2D eigenvalue weighted by Crippen LogP contribution is -1.74. The summed E-state index contributed by atoms with van der Waals surface area (Å²) in [7, 11) is 0. The molecule has 49 valence electrons. The van der Waals surface area contributed by atoms with E-state index in [1.807, 2.05) is 19.1 Å². The molecular formula is C7H6N3. The first-order valence-electron chi connectivity index (χ1n) is 3.06. The monoisotopic (exact) mass is 132 g/mol. The minimum absolute atomic E-state index is 0.905. The number of nitrogens with zero attached hydrogens (tertiary/aromatic N) is 2. The van der Waals surface area contributed by atoms with Crippen LogP contribution in [0.2, 0.25) is 0 Å². The highest BCUT2D eigenvalue weighted by Crippen LogP contribution is 2.10. The van der Waals surface area contributed by atoms with Gasteiger partial charge in [0.1, 0.15) is 5.52 Å². The Balaban J connectivity index is 2.95. The number of fused-ring (bicyclic) bond motifs is 1. The summed E-state index contributed by atoms with van der Waals surface area (Å²) in [6.07, 6.45) is 0. The summed E-state index contributed by atoms with van der Waals surface area (Å²) in [6.45, 7) is 1.96. The van der Waals surface area contributed by atoms with Crippen LogP contribution in [-0.2, 0) is 0 Å². The van der Waals surface area contributed by atoms with E-state index in [9.17, 15) is 0 Å². The van der Waals surface area contributed by atoms with Crippen molar-refractivity contribution in [1.82, 2.24) is 15.4 Å². The van der Waals surface area contributed by atoms with Crippen LogP contribution in [0.5, 0.6) is 0 Å². The lowest BCUT2D eigenvalue weighted by molar-refractivity contribution is 0.958. The molecule has 0 unspecified atom stereocenters. The molecular weight excluding hydrogens is 126 g/mol. The van der Waals surface area contributed by atoms with Gasteiger partial charge in [0.2, 0.25) is 0 Å². The molecule has 3 heteroatoms. The number of nitrogens with one attached hydrogen (secondary N) is 1. The molecule has 2 aromatic rings. The average molecular weight is 132 g/mol. The Labute approximate surface area is 58.1 Å². The molecule has 1 aromatic heterocycles. The fourth-order valence-electron chi connectivity index (χ4n) is 0.947. The van der Waals surface area contributed by atoms with Gasteiger partial charge < -0.3 is 0 Å². The normalized spacial score (nSPS) is 10.5. The van der Waals surface area contributed by atoms with E-state index in [-0.39, 0.29) is 0 Å². The molecule has 1 N–H and O–H groups in total. The van der Waals surface area contributed by atoms with Crippen molar-refractivity contribution in [2.75, 3.05) is 0 Å². The summed E-state index contributed by atoms with van der Waals surface area (Å²) in [5.74, 6) is 0. The molecule has 0 spiro atoms. The molecule has 1 heterocycles. The van der Waals surface area contributed by atoms with Gasteiger partial charge in [-0.05, 0) is 24.6 Å². The molecule has 0 aliphatic heterocycles. The molecule has 2 rings (SSSR count). The van der Waals surface area contributed by atoms with Gasteiger partial charge in [0.15, 0.2) is 0 Å². The number of hydrogen-bond donors (Lipinski definition) is 1. The number of aromatic amines is 1. The molecule has 1 aromatic carbocycles. The molecule has 3 nitrogen and oxygen atoms in total. The molecule has 0 saturated carbocycles. The van der Waals surface area contributed by atoms with Crippen LogP contribution in [0.4, 0.5) is 0 Å². The first-order valence-corrected chi connectivity index (χ1v) is 3.06. The van der Waals surface area contributed by atoms with Crippen molar-refractivity contribution < 1.29 is 0 Å². The van der Waals surface area contributed by atoms with Gasteiger partial charge in [-0.1, -0.05) is 11.3 Å². The third-order valence-corrected chi connectivity index (χ3v) is 1.48. The summed E-state index contributed by atoms with van der Waals surface area (Å²) in [5.41, 5.74) is 2.91. The van der Waals surface area contributed by atoms with Gasteiger partial charge >= 0.3 is 0 Å². The van der Waals surface area contributed by atoms with Crippen molar-refractivity contribution in [3.63, 3.8) is 0 Å². The summed E-state index contributed by atoms with van der Waals surface area (Å²) in [4.78, 5) is 0. The maximum Gasteiger partial charge on any atom is 0.116 e. The number of benzene rings is 1. The highest BCUT2D eigenvalue weighted by atomic mass is 15.3. The largest absolute Gasteiger partial charge is 0.258 e. The summed E-state index contributed by atoms with van der Waals surface area (Å²) in [6, 6.07) is 6.80. The second-order valence-corrected chi connectivity index (χ2v) is 2.18. The van der Waals surface area contributed by atoms with Gasteiger partial charge in [0, 0.05) is 0 Å². The van der Waals surface area contributed by atoms with Gasteiger partial charge in [-0.15, -0.1) is 5.10 Å². The van der Waals surface area contributed by atoms with Gasteiger partial charge in [-0.2, -0.15) is 0 Å². The van der Waals surface area contributed by atoms with Gasteiger partial charge in [-0.3, -0.25) is 5.10 Å². The van der Waals surface area contributed by atoms with Crippen molar-refractivity contribution in [2.45, 2.75) is 6.92 Å². The van der Waals surface area contributed by atoms with E-state index in [2.05, 4.69) is 21.5 Å². The standard InChI is InChI=1S/C7H6N3/c1-5-3-2-4-6-7(5)9-10-8-6/h2,4H,1H3,(H,8,9,10). The van der Waals surface area contributed by atoms with Crippen LogP contribution >= 0.6 is 0 Å². The lowest BCUT2D eigenvalue weighted by Gasteiger charge is -1.87. The quantitative estimate of drug-likeness (QED) is 0.582. The molecule has 1 radical (unpaired) electrons. The highest BCUT2D eigenvalue weighted by molar-refractivity contribution is 5.76. The minimum atomic E-state index is 0.905. The molecule has 0 amide bonds.